The molecule has 0 saturated carbocycles. The van der Waals surface area contributed by atoms with Gasteiger partial charge in [-0.05, 0) is 39.3 Å². The molecule has 1 atom stereocenters. The quantitative estimate of drug-likeness (QED) is 0.677. The van der Waals surface area contributed by atoms with E-state index in [2.05, 4.69) is 10.4 Å². The summed E-state index contributed by atoms with van der Waals surface area (Å²) in [6.07, 6.45) is -0.0875. The molecule has 0 fully saturated rings. The van der Waals surface area contributed by atoms with Crippen molar-refractivity contribution in [3.05, 3.63) is 52.4 Å². The van der Waals surface area contributed by atoms with Crippen LogP contribution in [0.1, 0.15) is 44.1 Å². The van der Waals surface area contributed by atoms with Crippen LogP contribution in [-0.2, 0) is 19.1 Å². The van der Waals surface area contributed by atoms with E-state index in [-0.39, 0.29) is 18.5 Å². The Kier molecular flexibility index (Phi) is 6.98. The summed E-state index contributed by atoms with van der Waals surface area (Å²) >= 11 is 0. The zero-order chi connectivity index (χ0) is 21.6. The molecule has 29 heavy (non-hydrogen) atoms. The first-order valence-electron chi connectivity index (χ1n) is 9.09. The van der Waals surface area contributed by atoms with Crippen molar-refractivity contribution in [3.8, 4) is 5.69 Å². The fourth-order valence-corrected chi connectivity index (χ4v) is 2.56. The summed E-state index contributed by atoms with van der Waals surface area (Å²) in [7, 11) is 1.18. The highest BCUT2D eigenvalue weighted by Crippen LogP contribution is 2.11. The van der Waals surface area contributed by atoms with Crippen molar-refractivity contribution < 1.29 is 23.9 Å². The number of para-hydroxylation sites is 1. The van der Waals surface area contributed by atoms with Gasteiger partial charge >= 0.3 is 11.9 Å². The number of aromatic nitrogens is 2. The lowest BCUT2D eigenvalue weighted by Gasteiger charge is -2.20. The van der Waals surface area contributed by atoms with E-state index in [0.29, 0.717) is 5.69 Å². The Balaban J connectivity index is 2.09. The molecular weight excluding hydrogens is 378 g/mol. The standard InChI is InChI=1S/C20H25N3O6/c1-20(2,3)29-17(25)11-10-14(19(27)28-4)21-18(26)15-12-16(24)23(22-15)13-8-6-5-7-9-13/h5-9,12,14,22H,10-11H2,1-4H3,(H,21,26)/t14-/m0/s1. The third-order valence-electron chi connectivity index (χ3n) is 3.83. The highest BCUT2D eigenvalue weighted by atomic mass is 16.6. The van der Waals surface area contributed by atoms with Crippen LogP contribution in [0.25, 0.3) is 5.69 Å². The predicted molar refractivity (Wildman–Crippen MR) is 105 cm³/mol. The topological polar surface area (TPSA) is 119 Å². The van der Waals surface area contributed by atoms with Crippen molar-refractivity contribution >= 4 is 17.8 Å². The molecule has 0 spiro atoms. The minimum Gasteiger partial charge on any atom is -0.467 e. The fraction of sp³-hybridized carbons (Fsp3) is 0.400. The Morgan fingerprint density at radius 3 is 2.41 bits per heavy atom. The maximum absolute atomic E-state index is 12.5. The zero-order valence-corrected chi connectivity index (χ0v) is 16.9. The van der Waals surface area contributed by atoms with Gasteiger partial charge in [-0.2, -0.15) is 0 Å². The van der Waals surface area contributed by atoms with Gasteiger partial charge < -0.3 is 14.8 Å². The number of nitrogens with zero attached hydrogens (tertiary/aromatic N) is 1. The SMILES string of the molecule is COC(=O)[C@H](CCC(=O)OC(C)(C)C)NC(=O)c1cc(=O)n(-c2ccccc2)[nH]1. The number of rotatable bonds is 7. The number of amides is 1. The van der Waals surface area contributed by atoms with E-state index in [0.717, 1.165) is 6.07 Å². The van der Waals surface area contributed by atoms with Crippen LogP contribution in [0.2, 0.25) is 0 Å². The summed E-state index contributed by atoms with van der Waals surface area (Å²) in [5.41, 5.74) is -0.540. The third-order valence-corrected chi connectivity index (χ3v) is 3.83. The maximum atomic E-state index is 12.5. The number of hydrogen-bond acceptors (Lipinski definition) is 6. The van der Waals surface area contributed by atoms with E-state index in [1.165, 1.54) is 11.8 Å². The van der Waals surface area contributed by atoms with Gasteiger partial charge in [0.05, 0.1) is 12.8 Å². The van der Waals surface area contributed by atoms with E-state index >= 15 is 0 Å². The summed E-state index contributed by atoms with van der Waals surface area (Å²) in [4.78, 5) is 48.6. The first-order valence-corrected chi connectivity index (χ1v) is 9.09. The van der Waals surface area contributed by atoms with Gasteiger partial charge in [-0.1, -0.05) is 18.2 Å². The van der Waals surface area contributed by atoms with Crippen LogP contribution < -0.4 is 10.9 Å². The molecule has 0 aliphatic carbocycles. The van der Waals surface area contributed by atoms with Crippen molar-refractivity contribution in [3.63, 3.8) is 0 Å². The first-order chi connectivity index (χ1) is 13.6. The van der Waals surface area contributed by atoms with Crippen LogP contribution in [0.3, 0.4) is 0 Å². The second-order valence-electron chi connectivity index (χ2n) is 7.35. The van der Waals surface area contributed by atoms with Crippen LogP contribution in [0, 0.1) is 0 Å². The van der Waals surface area contributed by atoms with Crippen molar-refractivity contribution in [2.24, 2.45) is 0 Å². The smallest absolute Gasteiger partial charge is 0.328 e. The van der Waals surface area contributed by atoms with Gasteiger partial charge in [-0.25, -0.2) is 9.48 Å². The number of hydrogen-bond donors (Lipinski definition) is 2. The molecule has 1 heterocycles. The minimum absolute atomic E-state index is 0.00302. The fourth-order valence-electron chi connectivity index (χ4n) is 2.56. The van der Waals surface area contributed by atoms with E-state index in [1.54, 1.807) is 51.1 Å². The number of esters is 2. The summed E-state index contributed by atoms with van der Waals surface area (Å²) in [5, 5.41) is 5.19. The van der Waals surface area contributed by atoms with Crippen molar-refractivity contribution in [2.45, 2.75) is 45.3 Å². The predicted octanol–water partition coefficient (Wildman–Crippen LogP) is 1.56. The van der Waals surface area contributed by atoms with Crippen LogP contribution in [-0.4, -0.2) is 46.4 Å². The van der Waals surface area contributed by atoms with Crippen LogP contribution in [0.5, 0.6) is 0 Å². The van der Waals surface area contributed by atoms with Crippen molar-refractivity contribution in [1.29, 1.82) is 0 Å². The van der Waals surface area contributed by atoms with Crippen LogP contribution in [0.4, 0.5) is 0 Å². The molecule has 0 saturated heterocycles. The Hall–Kier alpha value is -3.36. The number of H-pyrrole nitrogens is 1. The van der Waals surface area contributed by atoms with Gasteiger partial charge in [0.1, 0.15) is 17.3 Å². The Morgan fingerprint density at radius 1 is 1.17 bits per heavy atom. The minimum atomic E-state index is -1.07. The molecule has 9 nitrogen and oxygen atoms in total. The molecule has 1 aromatic carbocycles. The summed E-state index contributed by atoms with van der Waals surface area (Å²) < 4.78 is 11.1. The number of carbonyl (C=O) groups excluding carboxylic acids is 3. The second kappa shape index (κ2) is 9.22. The number of ether oxygens (including phenoxy) is 2. The van der Waals surface area contributed by atoms with E-state index in [9.17, 15) is 19.2 Å². The number of carbonyl (C=O) groups is 3. The van der Waals surface area contributed by atoms with Crippen molar-refractivity contribution in [2.75, 3.05) is 7.11 Å². The van der Waals surface area contributed by atoms with Crippen molar-refractivity contribution in [1.82, 2.24) is 15.1 Å². The Morgan fingerprint density at radius 2 is 1.83 bits per heavy atom. The molecule has 9 heteroatoms. The Labute approximate surface area is 168 Å². The second-order valence-corrected chi connectivity index (χ2v) is 7.35. The number of aromatic amines is 1. The van der Waals surface area contributed by atoms with Crippen LogP contribution in [0.15, 0.2) is 41.2 Å². The molecular formula is C20H25N3O6. The van der Waals surface area contributed by atoms with Gasteiger partial charge in [0.2, 0.25) is 0 Å². The summed E-state index contributed by atoms with van der Waals surface area (Å²) in [6, 6.07) is 8.79. The molecule has 0 bridgehead atoms. The molecule has 2 aromatic rings. The molecule has 0 unspecified atom stereocenters. The van der Waals surface area contributed by atoms with Gasteiger partial charge in [0.15, 0.2) is 0 Å². The molecule has 1 aromatic heterocycles. The third kappa shape index (κ3) is 6.34. The van der Waals surface area contributed by atoms with Gasteiger partial charge in [0.25, 0.3) is 11.5 Å². The summed E-state index contributed by atoms with van der Waals surface area (Å²) in [5.74, 6) is -1.87. The monoisotopic (exact) mass is 403 g/mol. The van der Waals surface area contributed by atoms with E-state index in [1.807, 2.05) is 0 Å². The lowest BCUT2D eigenvalue weighted by atomic mass is 10.1. The maximum Gasteiger partial charge on any atom is 0.328 e. The summed E-state index contributed by atoms with van der Waals surface area (Å²) in [6.45, 7) is 5.20. The van der Waals surface area contributed by atoms with Crippen LogP contribution >= 0.6 is 0 Å². The lowest BCUT2D eigenvalue weighted by molar-refractivity contribution is -0.155. The van der Waals surface area contributed by atoms with Gasteiger partial charge in [-0.15, -0.1) is 0 Å². The normalized spacial score (nSPS) is 12.1. The largest absolute Gasteiger partial charge is 0.467 e. The highest BCUT2D eigenvalue weighted by Gasteiger charge is 2.25. The molecule has 1 amide bonds. The van der Waals surface area contributed by atoms with E-state index in [4.69, 9.17) is 9.47 Å². The number of nitrogens with one attached hydrogen (secondary N) is 2. The molecule has 2 N–H and O–H groups in total. The molecule has 0 radical (unpaired) electrons. The molecule has 2 rings (SSSR count). The molecule has 0 aliphatic heterocycles. The number of methoxy groups -OCH3 is 1. The first kappa shape index (κ1) is 21.9. The zero-order valence-electron chi connectivity index (χ0n) is 16.9. The molecule has 156 valence electrons. The lowest BCUT2D eigenvalue weighted by Crippen LogP contribution is -2.42. The highest BCUT2D eigenvalue weighted by molar-refractivity contribution is 5.95. The van der Waals surface area contributed by atoms with Gasteiger partial charge in [-0.3, -0.25) is 19.5 Å². The average molecular weight is 403 g/mol. The average Bonchev–Trinajstić information content (AvgIpc) is 3.05. The number of benzene rings is 1. The Bertz CT molecular complexity index is 924. The molecule has 0 aliphatic rings. The van der Waals surface area contributed by atoms with Gasteiger partial charge in [0, 0.05) is 12.5 Å². The van der Waals surface area contributed by atoms with E-state index < -0.39 is 35.0 Å².